The quantitative estimate of drug-likeness (QED) is 0.468. The van der Waals surface area contributed by atoms with E-state index in [0.29, 0.717) is 29.4 Å². The molecule has 27 heavy (non-hydrogen) atoms. The lowest BCUT2D eigenvalue weighted by Gasteiger charge is -2.14. The molecule has 0 heterocycles. The summed E-state index contributed by atoms with van der Waals surface area (Å²) in [5, 5.41) is 6.39. The van der Waals surface area contributed by atoms with Gasteiger partial charge in [0.2, 0.25) is 6.41 Å². The van der Waals surface area contributed by atoms with Crippen molar-refractivity contribution in [2.24, 2.45) is 4.99 Å². The van der Waals surface area contributed by atoms with Crippen LogP contribution in [0.15, 0.2) is 59.0 Å². The van der Waals surface area contributed by atoms with Gasteiger partial charge in [-0.1, -0.05) is 29.8 Å². The molecule has 2 aromatic rings. The lowest BCUT2D eigenvalue weighted by molar-refractivity contribution is -0.109. The molecule has 0 radical (unpaired) electrons. The first kappa shape index (κ1) is 20.5. The number of benzene rings is 2. The van der Waals surface area contributed by atoms with Gasteiger partial charge >= 0.3 is 0 Å². The van der Waals surface area contributed by atoms with Crippen molar-refractivity contribution in [2.45, 2.75) is 20.4 Å². The molecule has 1 amide bonds. The average molecular weight is 390 g/mol. The second kappa shape index (κ2) is 10.3. The number of hydrogen-bond acceptors (Lipinski definition) is 4. The number of ether oxygens (including phenoxy) is 1. The number of anilines is 2. The van der Waals surface area contributed by atoms with Crippen molar-refractivity contribution < 1.29 is 13.9 Å². The van der Waals surface area contributed by atoms with Gasteiger partial charge in [-0.2, -0.15) is 0 Å². The molecule has 0 bridgehead atoms. The fourth-order valence-corrected chi connectivity index (χ4v) is 2.48. The fourth-order valence-electron chi connectivity index (χ4n) is 2.32. The Labute approximate surface area is 162 Å². The Morgan fingerprint density at radius 2 is 2.04 bits per heavy atom. The Morgan fingerprint density at radius 3 is 2.74 bits per heavy atom. The van der Waals surface area contributed by atoms with E-state index in [1.54, 1.807) is 25.1 Å². The van der Waals surface area contributed by atoms with Crippen LogP contribution < -0.4 is 15.4 Å². The predicted octanol–water partition coefficient (Wildman–Crippen LogP) is 5.00. The van der Waals surface area contributed by atoms with Crippen molar-refractivity contribution in [2.75, 3.05) is 11.9 Å². The molecular formula is C20H21ClFN3O2. The first-order valence-electron chi connectivity index (χ1n) is 8.33. The Balaban J connectivity index is 2.18. The van der Waals surface area contributed by atoms with Gasteiger partial charge in [0.1, 0.15) is 23.9 Å². The number of halogens is 2. The summed E-state index contributed by atoms with van der Waals surface area (Å²) in [4.78, 5) is 14.5. The van der Waals surface area contributed by atoms with E-state index in [4.69, 9.17) is 16.3 Å². The maximum absolute atomic E-state index is 13.5. The number of rotatable bonds is 9. The summed E-state index contributed by atoms with van der Waals surface area (Å²) >= 11 is 6.28. The second-order valence-corrected chi connectivity index (χ2v) is 5.99. The van der Waals surface area contributed by atoms with Crippen LogP contribution in [-0.2, 0) is 11.3 Å². The summed E-state index contributed by atoms with van der Waals surface area (Å²) in [7, 11) is 0. The Hall–Kier alpha value is -2.86. The third kappa shape index (κ3) is 6.11. The highest BCUT2D eigenvalue weighted by atomic mass is 35.5. The normalized spacial score (nSPS) is 11.9. The van der Waals surface area contributed by atoms with Crippen LogP contribution in [0.1, 0.15) is 19.4 Å². The van der Waals surface area contributed by atoms with Crippen LogP contribution in [0.3, 0.4) is 0 Å². The first-order valence-corrected chi connectivity index (χ1v) is 8.71. The lowest BCUT2D eigenvalue weighted by Crippen LogP contribution is -2.11. The molecule has 7 heteroatoms. The number of carbonyl (C=O) groups is 1. The zero-order valence-corrected chi connectivity index (χ0v) is 15.9. The van der Waals surface area contributed by atoms with Gasteiger partial charge < -0.3 is 15.4 Å². The van der Waals surface area contributed by atoms with Gasteiger partial charge in [-0.05, 0) is 37.6 Å². The van der Waals surface area contributed by atoms with Crippen molar-refractivity contribution in [3.05, 3.63) is 64.6 Å². The van der Waals surface area contributed by atoms with Crippen molar-refractivity contribution in [1.82, 2.24) is 5.32 Å². The van der Waals surface area contributed by atoms with Crippen LogP contribution in [-0.4, -0.2) is 19.2 Å². The largest absolute Gasteiger partial charge is 0.487 e. The van der Waals surface area contributed by atoms with E-state index in [1.807, 2.05) is 24.3 Å². The van der Waals surface area contributed by atoms with Crippen molar-refractivity contribution in [3.63, 3.8) is 0 Å². The van der Waals surface area contributed by atoms with Gasteiger partial charge in [0, 0.05) is 24.5 Å². The summed E-state index contributed by atoms with van der Waals surface area (Å²) in [5.74, 6) is 0.132. The zero-order valence-electron chi connectivity index (χ0n) is 15.1. The number of carbonyl (C=O) groups excluding carboxylic acids is 1. The third-order valence-electron chi connectivity index (χ3n) is 3.66. The molecule has 0 aliphatic carbocycles. The molecule has 142 valence electrons. The maximum atomic E-state index is 13.5. The maximum Gasteiger partial charge on any atom is 0.207 e. The van der Waals surface area contributed by atoms with Crippen LogP contribution >= 0.6 is 11.6 Å². The molecule has 2 rings (SSSR count). The van der Waals surface area contributed by atoms with Crippen LogP contribution in [0.25, 0.3) is 0 Å². The predicted molar refractivity (Wildman–Crippen MR) is 108 cm³/mol. The summed E-state index contributed by atoms with van der Waals surface area (Å²) in [6, 6.07) is 12.7. The van der Waals surface area contributed by atoms with Crippen molar-refractivity contribution >= 4 is 35.6 Å². The number of aliphatic imine (C=N–C) groups is 1. The van der Waals surface area contributed by atoms with E-state index in [2.05, 4.69) is 15.6 Å². The number of nitrogens with one attached hydrogen (secondary N) is 2. The highest BCUT2D eigenvalue weighted by Gasteiger charge is 2.08. The summed E-state index contributed by atoms with van der Waals surface area (Å²) < 4.78 is 19.1. The molecule has 0 aromatic heterocycles. The van der Waals surface area contributed by atoms with Crippen LogP contribution in [0.5, 0.6) is 5.75 Å². The lowest BCUT2D eigenvalue weighted by atomic mass is 10.1. The molecule has 5 nitrogen and oxygen atoms in total. The summed E-state index contributed by atoms with van der Waals surface area (Å²) in [6.45, 7) is 3.45. The Morgan fingerprint density at radius 1 is 1.26 bits per heavy atom. The highest BCUT2D eigenvalue weighted by Crippen LogP contribution is 2.31. The number of amides is 1. The molecule has 2 aromatic carbocycles. The second-order valence-electron chi connectivity index (χ2n) is 5.58. The average Bonchev–Trinajstić information content (AvgIpc) is 2.66. The van der Waals surface area contributed by atoms with E-state index >= 15 is 0 Å². The number of allylic oxidation sites excluding steroid dienone is 1. The SMILES string of the molecule is CC=N/C(COc1ccc(Cl)c(Nc2ccccc2CNC=O)c1)=C(\C)F. The summed E-state index contributed by atoms with van der Waals surface area (Å²) in [5.41, 5.74) is 2.57. The molecular weight excluding hydrogens is 369 g/mol. The third-order valence-corrected chi connectivity index (χ3v) is 3.99. The van der Waals surface area contributed by atoms with E-state index < -0.39 is 5.83 Å². The van der Waals surface area contributed by atoms with E-state index in [-0.39, 0.29) is 12.3 Å². The number of hydrogen-bond donors (Lipinski definition) is 2. The molecule has 0 fully saturated rings. The van der Waals surface area contributed by atoms with E-state index in [1.165, 1.54) is 13.1 Å². The van der Waals surface area contributed by atoms with Gasteiger partial charge in [-0.15, -0.1) is 0 Å². The van der Waals surface area contributed by atoms with Crippen LogP contribution in [0, 0.1) is 0 Å². The van der Waals surface area contributed by atoms with E-state index in [0.717, 1.165) is 11.3 Å². The molecule has 0 aliphatic heterocycles. The molecule has 0 aliphatic rings. The van der Waals surface area contributed by atoms with Gasteiger partial charge in [-0.25, -0.2) is 4.39 Å². The van der Waals surface area contributed by atoms with Gasteiger partial charge in [0.25, 0.3) is 0 Å². The first-order chi connectivity index (χ1) is 13.0. The summed E-state index contributed by atoms with van der Waals surface area (Å²) in [6.07, 6.45) is 2.16. The molecule has 2 N–H and O–H groups in total. The minimum Gasteiger partial charge on any atom is -0.487 e. The molecule has 0 saturated carbocycles. The molecule has 0 saturated heterocycles. The van der Waals surface area contributed by atoms with Gasteiger partial charge in [0.05, 0.1) is 10.7 Å². The number of para-hydroxylation sites is 1. The fraction of sp³-hybridized carbons (Fsp3) is 0.200. The minimum atomic E-state index is -0.392. The monoisotopic (exact) mass is 389 g/mol. The number of nitrogens with zero attached hydrogens (tertiary/aromatic N) is 1. The van der Waals surface area contributed by atoms with Crippen molar-refractivity contribution in [3.8, 4) is 5.75 Å². The minimum absolute atomic E-state index is 0.00753. The smallest absolute Gasteiger partial charge is 0.207 e. The molecule has 0 atom stereocenters. The zero-order chi connectivity index (χ0) is 19.6. The topological polar surface area (TPSA) is 62.7 Å². The van der Waals surface area contributed by atoms with Gasteiger partial charge in [0.15, 0.2) is 0 Å². The Bertz CT molecular complexity index is 849. The standard InChI is InChI=1S/C20H21ClFN3O2/c1-3-24-20(14(2)22)12-27-16-8-9-17(21)19(10-16)25-18-7-5-4-6-15(18)11-23-13-26/h3-10,13,25H,11-12H2,1-2H3,(H,23,26)/b20-14+,24-3?. The highest BCUT2D eigenvalue weighted by molar-refractivity contribution is 6.33. The van der Waals surface area contributed by atoms with Crippen LogP contribution in [0.4, 0.5) is 15.8 Å². The van der Waals surface area contributed by atoms with Crippen molar-refractivity contribution in [1.29, 1.82) is 0 Å². The van der Waals surface area contributed by atoms with Crippen LogP contribution in [0.2, 0.25) is 5.02 Å². The molecule has 0 spiro atoms. The van der Waals surface area contributed by atoms with Gasteiger partial charge in [-0.3, -0.25) is 9.79 Å². The van der Waals surface area contributed by atoms with E-state index in [9.17, 15) is 9.18 Å². The molecule has 0 unspecified atom stereocenters. The Kier molecular flexibility index (Phi) is 7.82.